The highest BCUT2D eigenvalue weighted by molar-refractivity contribution is 5.77. The van der Waals surface area contributed by atoms with Crippen LogP contribution < -0.4 is 0 Å². The minimum absolute atomic E-state index is 0.181. The topological polar surface area (TPSA) is 38.8 Å². The first-order valence-corrected chi connectivity index (χ1v) is 5.21. The lowest BCUT2D eigenvalue weighted by atomic mass is 10.3. The molecule has 0 spiro atoms. The molecule has 4 nitrogen and oxygen atoms in total. The number of amides is 1. The molecule has 17 heavy (non-hydrogen) atoms. The molecule has 0 saturated heterocycles. The molecular formula is C10H18F3NO3. The summed E-state index contributed by atoms with van der Waals surface area (Å²) in [6.45, 7) is 1.92. The maximum Gasteiger partial charge on any atom is 0.406 e. The molecule has 0 aromatic heterocycles. The Labute approximate surface area is 98.7 Å². The number of hydrogen-bond acceptors (Lipinski definition) is 3. The zero-order valence-corrected chi connectivity index (χ0v) is 10.2. The van der Waals surface area contributed by atoms with Crippen molar-refractivity contribution in [1.29, 1.82) is 0 Å². The second-order valence-electron chi connectivity index (χ2n) is 3.78. The zero-order valence-electron chi connectivity index (χ0n) is 10.2. The molecule has 0 heterocycles. The van der Waals surface area contributed by atoms with Crippen molar-refractivity contribution < 1.29 is 27.4 Å². The number of nitrogens with zero attached hydrogens (tertiary/aromatic N) is 1. The molecule has 0 aromatic rings. The van der Waals surface area contributed by atoms with Crippen molar-refractivity contribution in [2.45, 2.75) is 26.1 Å². The summed E-state index contributed by atoms with van der Waals surface area (Å²) < 4.78 is 46.2. The van der Waals surface area contributed by atoms with Crippen LogP contribution in [0, 0.1) is 0 Å². The third kappa shape index (κ3) is 7.98. The zero-order chi connectivity index (χ0) is 13.5. The highest BCUT2D eigenvalue weighted by Crippen LogP contribution is 2.18. The molecule has 0 fully saturated rings. The van der Waals surface area contributed by atoms with E-state index in [4.69, 9.17) is 4.74 Å². The molecular weight excluding hydrogens is 239 g/mol. The normalized spacial score (nSPS) is 11.9. The quantitative estimate of drug-likeness (QED) is 0.648. The minimum atomic E-state index is -4.40. The number of carbonyl (C=O) groups is 1. The van der Waals surface area contributed by atoms with E-state index in [0.29, 0.717) is 6.61 Å². The highest BCUT2D eigenvalue weighted by atomic mass is 19.4. The van der Waals surface area contributed by atoms with Gasteiger partial charge in [0.2, 0.25) is 5.91 Å². The molecule has 0 aliphatic carbocycles. The van der Waals surface area contributed by atoms with Gasteiger partial charge in [-0.05, 0) is 13.8 Å². The van der Waals surface area contributed by atoms with Gasteiger partial charge >= 0.3 is 6.18 Å². The van der Waals surface area contributed by atoms with E-state index in [1.165, 1.54) is 21.0 Å². The van der Waals surface area contributed by atoms with Crippen LogP contribution in [0.2, 0.25) is 0 Å². The van der Waals surface area contributed by atoms with Gasteiger partial charge in [-0.3, -0.25) is 4.79 Å². The molecule has 0 aromatic carbocycles. The number of carbonyl (C=O) groups excluding carboxylic acids is 1. The van der Waals surface area contributed by atoms with E-state index in [9.17, 15) is 18.0 Å². The molecule has 102 valence electrons. The monoisotopic (exact) mass is 257 g/mol. The maximum atomic E-state index is 12.2. The van der Waals surface area contributed by atoms with Crippen LogP contribution in [0.25, 0.3) is 0 Å². The van der Waals surface area contributed by atoms with Gasteiger partial charge < -0.3 is 14.4 Å². The largest absolute Gasteiger partial charge is 0.406 e. The summed E-state index contributed by atoms with van der Waals surface area (Å²) in [5.41, 5.74) is 0. The van der Waals surface area contributed by atoms with Crippen LogP contribution in [-0.4, -0.2) is 56.5 Å². The van der Waals surface area contributed by atoms with Crippen molar-refractivity contribution in [3.05, 3.63) is 0 Å². The van der Waals surface area contributed by atoms with Crippen LogP contribution in [-0.2, 0) is 14.3 Å². The smallest absolute Gasteiger partial charge is 0.382 e. The standard InChI is InChI=1S/C10H18F3NO3/c1-8(2)14(7-10(11,12)13)9(15)6-17-5-4-16-3/h8H,4-7H2,1-3H3. The summed E-state index contributed by atoms with van der Waals surface area (Å²) in [6, 6.07) is -0.518. The maximum absolute atomic E-state index is 12.2. The van der Waals surface area contributed by atoms with E-state index < -0.39 is 24.7 Å². The first-order chi connectivity index (χ1) is 7.78. The summed E-state index contributed by atoms with van der Waals surface area (Å²) in [6.07, 6.45) is -4.40. The molecule has 0 aliphatic rings. The van der Waals surface area contributed by atoms with Crippen molar-refractivity contribution in [1.82, 2.24) is 4.90 Å². The molecule has 0 bridgehead atoms. The Morgan fingerprint density at radius 3 is 2.29 bits per heavy atom. The fourth-order valence-corrected chi connectivity index (χ4v) is 1.14. The number of halogens is 3. The van der Waals surface area contributed by atoms with Crippen LogP contribution in [0.15, 0.2) is 0 Å². The van der Waals surface area contributed by atoms with Crippen LogP contribution in [0.5, 0.6) is 0 Å². The Hall–Kier alpha value is -0.820. The van der Waals surface area contributed by atoms with E-state index >= 15 is 0 Å². The van der Waals surface area contributed by atoms with Crippen molar-refractivity contribution in [2.75, 3.05) is 33.5 Å². The molecule has 1 amide bonds. The van der Waals surface area contributed by atoms with Crippen LogP contribution in [0.4, 0.5) is 13.2 Å². The van der Waals surface area contributed by atoms with E-state index in [-0.39, 0.29) is 13.2 Å². The number of hydrogen-bond donors (Lipinski definition) is 0. The molecule has 0 atom stereocenters. The van der Waals surface area contributed by atoms with Crippen LogP contribution in [0.1, 0.15) is 13.8 Å². The summed E-state index contributed by atoms with van der Waals surface area (Å²) >= 11 is 0. The van der Waals surface area contributed by atoms with E-state index in [1.54, 1.807) is 0 Å². The van der Waals surface area contributed by atoms with Gasteiger partial charge in [0.1, 0.15) is 13.2 Å². The Morgan fingerprint density at radius 2 is 1.88 bits per heavy atom. The third-order valence-electron chi connectivity index (χ3n) is 1.95. The number of alkyl halides is 3. The molecule has 7 heteroatoms. The van der Waals surface area contributed by atoms with E-state index in [2.05, 4.69) is 4.74 Å². The average Bonchev–Trinajstić information content (AvgIpc) is 2.19. The predicted molar refractivity (Wildman–Crippen MR) is 55.6 cm³/mol. The Morgan fingerprint density at radius 1 is 1.29 bits per heavy atom. The molecule has 0 N–H and O–H groups in total. The highest BCUT2D eigenvalue weighted by Gasteiger charge is 2.34. The van der Waals surface area contributed by atoms with Gasteiger partial charge in [-0.1, -0.05) is 0 Å². The van der Waals surface area contributed by atoms with Crippen molar-refractivity contribution >= 4 is 5.91 Å². The fraction of sp³-hybridized carbons (Fsp3) is 0.900. The van der Waals surface area contributed by atoms with Gasteiger partial charge in [-0.25, -0.2) is 0 Å². The average molecular weight is 257 g/mol. The lowest BCUT2D eigenvalue weighted by Gasteiger charge is -2.27. The predicted octanol–water partition coefficient (Wildman–Crippen LogP) is 1.45. The summed E-state index contributed by atoms with van der Waals surface area (Å²) in [5, 5.41) is 0. The second-order valence-corrected chi connectivity index (χ2v) is 3.78. The lowest BCUT2D eigenvalue weighted by molar-refractivity contribution is -0.167. The Balaban J connectivity index is 4.17. The summed E-state index contributed by atoms with van der Waals surface area (Å²) in [5.74, 6) is -0.673. The van der Waals surface area contributed by atoms with Gasteiger partial charge in [-0.2, -0.15) is 13.2 Å². The molecule has 0 unspecified atom stereocenters. The third-order valence-corrected chi connectivity index (χ3v) is 1.95. The van der Waals surface area contributed by atoms with Crippen molar-refractivity contribution in [2.24, 2.45) is 0 Å². The number of ether oxygens (including phenoxy) is 2. The molecule has 0 saturated carbocycles. The van der Waals surface area contributed by atoms with E-state index in [0.717, 1.165) is 4.90 Å². The van der Waals surface area contributed by atoms with Crippen LogP contribution in [0.3, 0.4) is 0 Å². The number of rotatable bonds is 7. The van der Waals surface area contributed by atoms with E-state index in [1.807, 2.05) is 0 Å². The van der Waals surface area contributed by atoms with Crippen molar-refractivity contribution in [3.8, 4) is 0 Å². The Kier molecular flexibility index (Phi) is 7.13. The molecule has 0 radical (unpaired) electrons. The summed E-state index contributed by atoms with van der Waals surface area (Å²) in [4.78, 5) is 12.2. The SMILES string of the molecule is COCCOCC(=O)N(CC(F)(F)F)C(C)C. The van der Waals surface area contributed by atoms with Gasteiger partial charge in [0.15, 0.2) is 0 Å². The van der Waals surface area contributed by atoms with Gasteiger partial charge in [-0.15, -0.1) is 0 Å². The Bertz CT molecular complexity index is 231. The molecule has 0 rings (SSSR count). The first kappa shape index (κ1) is 16.2. The first-order valence-electron chi connectivity index (χ1n) is 5.21. The fourth-order valence-electron chi connectivity index (χ4n) is 1.14. The minimum Gasteiger partial charge on any atom is -0.382 e. The van der Waals surface area contributed by atoms with Crippen molar-refractivity contribution in [3.63, 3.8) is 0 Å². The second kappa shape index (κ2) is 7.50. The number of methoxy groups -OCH3 is 1. The van der Waals surface area contributed by atoms with Gasteiger partial charge in [0.25, 0.3) is 0 Å². The van der Waals surface area contributed by atoms with Gasteiger partial charge in [0, 0.05) is 13.2 Å². The lowest BCUT2D eigenvalue weighted by Crippen LogP contribution is -2.45. The molecule has 0 aliphatic heterocycles. The van der Waals surface area contributed by atoms with Crippen LogP contribution >= 0.6 is 0 Å². The summed E-state index contributed by atoms with van der Waals surface area (Å²) in [7, 11) is 1.47. The van der Waals surface area contributed by atoms with Gasteiger partial charge in [0.05, 0.1) is 13.2 Å².